The molecular formula is C11H14F3N3O2. The first-order chi connectivity index (χ1) is 8.96. The minimum Gasteiger partial charge on any atom is -0.370 e. The molecule has 0 aromatic carbocycles. The van der Waals surface area contributed by atoms with Crippen molar-refractivity contribution in [1.29, 1.82) is 0 Å². The Balaban J connectivity index is 1.95. The number of ether oxygens (including phenoxy) is 1. The average Bonchev–Trinajstić information content (AvgIpc) is 2.33. The fourth-order valence-electron chi connectivity index (χ4n) is 1.86. The largest absolute Gasteiger partial charge is 0.411 e. The third kappa shape index (κ3) is 4.03. The molecule has 0 fully saturated rings. The lowest BCUT2D eigenvalue weighted by molar-refractivity contribution is -0.174. The summed E-state index contributed by atoms with van der Waals surface area (Å²) in [5.74, 6) is 0. The van der Waals surface area contributed by atoms with Crippen LogP contribution in [0.15, 0.2) is 10.9 Å². The molecule has 19 heavy (non-hydrogen) atoms. The van der Waals surface area contributed by atoms with E-state index in [2.05, 4.69) is 15.2 Å². The quantitative estimate of drug-likeness (QED) is 0.813. The molecule has 0 saturated carbocycles. The molecule has 5 nitrogen and oxygen atoms in total. The molecule has 1 aliphatic heterocycles. The Morgan fingerprint density at radius 3 is 3.00 bits per heavy atom. The Hall–Kier alpha value is -1.41. The minimum atomic E-state index is -4.35. The van der Waals surface area contributed by atoms with E-state index in [1.54, 1.807) is 0 Å². The molecule has 0 saturated heterocycles. The van der Waals surface area contributed by atoms with Gasteiger partial charge >= 0.3 is 6.18 Å². The van der Waals surface area contributed by atoms with Crippen molar-refractivity contribution in [3.63, 3.8) is 0 Å². The zero-order chi connectivity index (χ0) is 13.9. The van der Waals surface area contributed by atoms with Crippen LogP contribution in [0.1, 0.15) is 11.3 Å². The summed E-state index contributed by atoms with van der Waals surface area (Å²) in [6, 6.07) is 1.47. The van der Waals surface area contributed by atoms with E-state index >= 15 is 0 Å². The van der Waals surface area contributed by atoms with E-state index in [4.69, 9.17) is 0 Å². The van der Waals surface area contributed by atoms with Gasteiger partial charge < -0.3 is 10.1 Å². The molecule has 0 radical (unpaired) electrons. The molecular weight excluding hydrogens is 263 g/mol. The van der Waals surface area contributed by atoms with Crippen LogP contribution >= 0.6 is 0 Å². The van der Waals surface area contributed by atoms with Gasteiger partial charge in [-0.25, -0.2) is 4.68 Å². The molecule has 2 heterocycles. The van der Waals surface area contributed by atoms with Crippen LogP contribution in [0.4, 0.5) is 13.2 Å². The van der Waals surface area contributed by atoms with Gasteiger partial charge in [0.1, 0.15) is 6.61 Å². The maximum absolute atomic E-state index is 11.9. The second kappa shape index (κ2) is 5.70. The summed E-state index contributed by atoms with van der Waals surface area (Å²) in [5, 5.41) is 7.27. The molecule has 2 rings (SSSR count). The van der Waals surface area contributed by atoms with Crippen molar-refractivity contribution >= 4 is 0 Å². The predicted octanol–water partition coefficient (Wildman–Crippen LogP) is 0.468. The van der Waals surface area contributed by atoms with Gasteiger partial charge in [0.2, 0.25) is 0 Å². The van der Waals surface area contributed by atoms with E-state index in [1.807, 2.05) is 0 Å². The van der Waals surface area contributed by atoms with E-state index in [-0.39, 0.29) is 18.7 Å². The van der Waals surface area contributed by atoms with Crippen LogP contribution in [0, 0.1) is 0 Å². The number of hydrogen-bond donors (Lipinski definition) is 1. The highest BCUT2D eigenvalue weighted by Crippen LogP contribution is 2.14. The van der Waals surface area contributed by atoms with E-state index in [9.17, 15) is 18.0 Å². The maximum atomic E-state index is 11.9. The molecule has 1 aliphatic rings. The van der Waals surface area contributed by atoms with Crippen molar-refractivity contribution in [2.75, 3.05) is 19.8 Å². The van der Waals surface area contributed by atoms with E-state index in [0.717, 1.165) is 22.5 Å². The highest BCUT2D eigenvalue weighted by atomic mass is 19.4. The monoisotopic (exact) mass is 277 g/mol. The summed E-state index contributed by atoms with van der Waals surface area (Å²) in [6.07, 6.45) is -3.64. The lowest BCUT2D eigenvalue weighted by Crippen LogP contribution is -2.32. The third-order valence-corrected chi connectivity index (χ3v) is 2.73. The number of nitrogens with one attached hydrogen (secondary N) is 1. The topological polar surface area (TPSA) is 56.2 Å². The number of rotatable bonds is 4. The minimum absolute atomic E-state index is 0.0234. The molecule has 0 atom stereocenters. The first-order valence-corrected chi connectivity index (χ1v) is 5.91. The van der Waals surface area contributed by atoms with Crippen LogP contribution < -0.4 is 10.9 Å². The Kier molecular flexibility index (Phi) is 4.20. The van der Waals surface area contributed by atoms with E-state index in [1.165, 1.54) is 6.07 Å². The molecule has 0 unspecified atom stereocenters. The number of aromatic nitrogens is 2. The standard InChI is InChI=1S/C11H14F3N3O2/c12-11(13,14)7-19-4-3-17-10(18)5-8-6-15-2-1-9(8)16-17/h5,15H,1-4,6-7H2. The Labute approximate surface area is 107 Å². The molecule has 0 aliphatic carbocycles. The average molecular weight is 277 g/mol. The van der Waals surface area contributed by atoms with E-state index < -0.39 is 12.8 Å². The summed E-state index contributed by atoms with van der Waals surface area (Å²) in [5.41, 5.74) is 1.34. The highest BCUT2D eigenvalue weighted by Gasteiger charge is 2.27. The highest BCUT2D eigenvalue weighted by molar-refractivity contribution is 5.20. The molecule has 0 spiro atoms. The fourth-order valence-corrected chi connectivity index (χ4v) is 1.86. The van der Waals surface area contributed by atoms with E-state index in [0.29, 0.717) is 13.0 Å². The first-order valence-electron chi connectivity index (χ1n) is 5.91. The maximum Gasteiger partial charge on any atom is 0.411 e. The van der Waals surface area contributed by atoms with Gasteiger partial charge in [0.25, 0.3) is 5.56 Å². The van der Waals surface area contributed by atoms with Crippen LogP contribution in [0.2, 0.25) is 0 Å². The third-order valence-electron chi connectivity index (χ3n) is 2.73. The fraction of sp³-hybridized carbons (Fsp3) is 0.636. The lowest BCUT2D eigenvalue weighted by atomic mass is 10.1. The summed E-state index contributed by atoms with van der Waals surface area (Å²) in [7, 11) is 0. The summed E-state index contributed by atoms with van der Waals surface area (Å²) < 4.78 is 41.2. The number of fused-ring (bicyclic) bond motifs is 1. The summed E-state index contributed by atoms with van der Waals surface area (Å²) in [4.78, 5) is 11.7. The molecule has 106 valence electrons. The summed E-state index contributed by atoms with van der Waals surface area (Å²) >= 11 is 0. The SMILES string of the molecule is O=c1cc2c(nn1CCOCC(F)(F)F)CCNC2. The van der Waals surface area contributed by atoms with Crippen molar-refractivity contribution in [1.82, 2.24) is 15.1 Å². The second-order valence-corrected chi connectivity index (χ2v) is 4.27. The lowest BCUT2D eigenvalue weighted by Gasteiger charge is -2.17. The molecule has 0 bridgehead atoms. The number of alkyl halides is 3. The van der Waals surface area contributed by atoms with Crippen LogP contribution in [0.5, 0.6) is 0 Å². The molecule has 0 amide bonds. The smallest absolute Gasteiger partial charge is 0.370 e. The van der Waals surface area contributed by atoms with Crippen molar-refractivity contribution in [2.24, 2.45) is 0 Å². The van der Waals surface area contributed by atoms with Crippen LogP contribution in [0.25, 0.3) is 0 Å². The molecule has 1 N–H and O–H groups in total. The Morgan fingerprint density at radius 1 is 1.47 bits per heavy atom. The Bertz CT molecular complexity index is 499. The summed E-state index contributed by atoms with van der Waals surface area (Å²) in [6.45, 7) is -0.0958. The zero-order valence-corrected chi connectivity index (χ0v) is 10.2. The first kappa shape index (κ1) is 14.0. The van der Waals surface area contributed by atoms with Gasteiger partial charge in [-0.1, -0.05) is 0 Å². The van der Waals surface area contributed by atoms with Crippen molar-refractivity contribution in [3.8, 4) is 0 Å². The normalized spacial score (nSPS) is 15.3. The van der Waals surface area contributed by atoms with Gasteiger partial charge in [-0.05, 0) is 5.56 Å². The Morgan fingerprint density at radius 2 is 2.26 bits per heavy atom. The van der Waals surface area contributed by atoms with Gasteiger partial charge in [0.05, 0.1) is 18.8 Å². The van der Waals surface area contributed by atoms with Gasteiger partial charge in [0.15, 0.2) is 0 Å². The molecule has 8 heteroatoms. The van der Waals surface area contributed by atoms with Crippen LogP contribution in [0.3, 0.4) is 0 Å². The number of hydrogen-bond acceptors (Lipinski definition) is 4. The van der Waals surface area contributed by atoms with Crippen LogP contribution in [-0.4, -0.2) is 35.7 Å². The van der Waals surface area contributed by atoms with Crippen molar-refractivity contribution < 1.29 is 17.9 Å². The predicted molar refractivity (Wildman–Crippen MR) is 60.8 cm³/mol. The van der Waals surface area contributed by atoms with Gasteiger partial charge in [0, 0.05) is 25.6 Å². The van der Waals surface area contributed by atoms with Gasteiger partial charge in [-0.3, -0.25) is 4.79 Å². The number of halogens is 3. The van der Waals surface area contributed by atoms with Gasteiger partial charge in [-0.15, -0.1) is 0 Å². The molecule has 1 aromatic heterocycles. The van der Waals surface area contributed by atoms with Crippen molar-refractivity contribution in [2.45, 2.75) is 25.7 Å². The van der Waals surface area contributed by atoms with Gasteiger partial charge in [-0.2, -0.15) is 18.3 Å². The number of nitrogens with zero attached hydrogens (tertiary/aromatic N) is 2. The van der Waals surface area contributed by atoms with Crippen molar-refractivity contribution in [3.05, 3.63) is 27.7 Å². The zero-order valence-electron chi connectivity index (χ0n) is 10.2. The van der Waals surface area contributed by atoms with Crippen LogP contribution in [-0.2, 0) is 24.2 Å². The second-order valence-electron chi connectivity index (χ2n) is 4.27. The molecule has 1 aromatic rings.